The van der Waals surface area contributed by atoms with E-state index in [1.54, 1.807) is 38.5 Å². The van der Waals surface area contributed by atoms with E-state index in [1.807, 2.05) is 6.07 Å². The Morgan fingerprint density at radius 1 is 1.04 bits per heavy atom. The summed E-state index contributed by atoms with van der Waals surface area (Å²) in [6.07, 6.45) is 5.42. The Hall–Kier alpha value is -2.96. The number of hydrogen-bond donors (Lipinski definition) is 1. The number of hydrogen-bond acceptors (Lipinski definition) is 5. The van der Waals surface area contributed by atoms with Crippen LogP contribution >= 0.6 is 0 Å². The Kier molecular flexibility index (Phi) is 4.92. The number of amides is 2. The van der Waals surface area contributed by atoms with Gasteiger partial charge in [-0.2, -0.15) is 0 Å². The highest BCUT2D eigenvalue weighted by atomic mass is 16.2. The fraction of sp³-hybridized carbons (Fsp3) is 0.333. The minimum absolute atomic E-state index is 0.181. The monoisotopic (exact) mass is 339 g/mol. The first-order valence-corrected chi connectivity index (χ1v) is 8.24. The summed E-state index contributed by atoms with van der Waals surface area (Å²) in [4.78, 5) is 36.2. The first kappa shape index (κ1) is 16.9. The molecule has 7 nitrogen and oxygen atoms in total. The molecule has 0 atom stereocenters. The molecule has 0 radical (unpaired) electrons. The normalized spacial score (nSPS) is 13.6. The molecule has 0 unspecified atom stereocenters. The van der Waals surface area contributed by atoms with Crippen LogP contribution in [0.4, 0.5) is 11.5 Å². The van der Waals surface area contributed by atoms with Gasteiger partial charge in [-0.25, -0.2) is 9.97 Å². The molecule has 1 fully saturated rings. The molecule has 3 heterocycles. The highest BCUT2D eigenvalue weighted by Gasteiger charge is 2.15. The van der Waals surface area contributed by atoms with E-state index in [4.69, 9.17) is 0 Å². The first-order valence-electron chi connectivity index (χ1n) is 8.24. The molecule has 2 aromatic heterocycles. The zero-order chi connectivity index (χ0) is 17.8. The van der Waals surface area contributed by atoms with Crippen molar-refractivity contribution in [1.82, 2.24) is 14.9 Å². The van der Waals surface area contributed by atoms with Gasteiger partial charge in [0.2, 0.25) is 0 Å². The summed E-state index contributed by atoms with van der Waals surface area (Å²) in [5.74, 6) is 0.468. The molecule has 2 aromatic rings. The van der Waals surface area contributed by atoms with Gasteiger partial charge in [-0.1, -0.05) is 0 Å². The zero-order valence-corrected chi connectivity index (χ0v) is 14.4. The second kappa shape index (κ2) is 7.29. The molecular formula is C18H21N5O2. The Bertz CT molecular complexity index is 750. The molecule has 7 heteroatoms. The molecule has 1 aliphatic heterocycles. The molecular weight excluding hydrogens is 318 g/mol. The maximum atomic E-state index is 12.3. The lowest BCUT2D eigenvalue weighted by molar-refractivity contribution is 0.0822. The van der Waals surface area contributed by atoms with Crippen molar-refractivity contribution in [3.63, 3.8) is 0 Å². The number of nitrogens with zero attached hydrogens (tertiary/aromatic N) is 4. The number of rotatable bonds is 4. The maximum absolute atomic E-state index is 12.3. The van der Waals surface area contributed by atoms with Crippen LogP contribution in [0.3, 0.4) is 0 Å². The number of carbonyl (C=O) groups excluding carboxylic acids is 2. The lowest BCUT2D eigenvalue weighted by Crippen LogP contribution is -2.22. The summed E-state index contributed by atoms with van der Waals surface area (Å²) >= 11 is 0. The molecule has 1 N–H and O–H groups in total. The van der Waals surface area contributed by atoms with Gasteiger partial charge in [-0.15, -0.1) is 0 Å². The Balaban J connectivity index is 1.64. The van der Waals surface area contributed by atoms with Crippen LogP contribution in [0.2, 0.25) is 0 Å². The SMILES string of the molecule is CN(C)C(=O)c1ccc(NC(=O)c2ccc(N3CCCC3)nc2)cn1. The van der Waals surface area contributed by atoms with Gasteiger partial charge < -0.3 is 15.1 Å². The molecule has 130 valence electrons. The van der Waals surface area contributed by atoms with Crippen molar-refractivity contribution >= 4 is 23.3 Å². The van der Waals surface area contributed by atoms with Gasteiger partial charge in [0.05, 0.1) is 17.4 Å². The highest BCUT2D eigenvalue weighted by molar-refractivity contribution is 6.04. The number of pyridine rings is 2. The molecule has 1 saturated heterocycles. The average Bonchev–Trinajstić information content (AvgIpc) is 3.16. The molecule has 0 spiro atoms. The van der Waals surface area contributed by atoms with Gasteiger partial charge in [0.15, 0.2) is 0 Å². The first-order chi connectivity index (χ1) is 12.0. The van der Waals surface area contributed by atoms with Crippen molar-refractivity contribution in [2.24, 2.45) is 0 Å². The van der Waals surface area contributed by atoms with Crippen molar-refractivity contribution < 1.29 is 9.59 Å². The average molecular weight is 339 g/mol. The van der Waals surface area contributed by atoms with Crippen molar-refractivity contribution in [3.05, 3.63) is 47.9 Å². The van der Waals surface area contributed by atoms with Crippen LogP contribution in [-0.4, -0.2) is 53.9 Å². The van der Waals surface area contributed by atoms with E-state index < -0.39 is 0 Å². The number of anilines is 2. The minimum atomic E-state index is -0.256. The third-order valence-corrected chi connectivity index (χ3v) is 4.09. The number of carbonyl (C=O) groups is 2. The summed E-state index contributed by atoms with van der Waals surface area (Å²) in [5.41, 5.74) is 1.35. The van der Waals surface area contributed by atoms with Crippen molar-refractivity contribution in [2.45, 2.75) is 12.8 Å². The number of nitrogens with one attached hydrogen (secondary N) is 1. The van der Waals surface area contributed by atoms with E-state index in [0.29, 0.717) is 16.9 Å². The topological polar surface area (TPSA) is 78.4 Å². The molecule has 2 amide bonds. The zero-order valence-electron chi connectivity index (χ0n) is 14.4. The van der Waals surface area contributed by atoms with Gasteiger partial charge in [-0.3, -0.25) is 9.59 Å². The van der Waals surface area contributed by atoms with Crippen LogP contribution in [0, 0.1) is 0 Å². The molecule has 1 aliphatic rings. The standard InChI is InChI=1S/C18H21N5O2/c1-22(2)18(25)15-7-6-14(12-19-15)21-17(24)13-5-8-16(20-11-13)23-9-3-4-10-23/h5-8,11-12H,3-4,9-10H2,1-2H3,(H,21,24). The third-order valence-electron chi connectivity index (χ3n) is 4.09. The molecule has 0 saturated carbocycles. The van der Waals surface area contributed by atoms with E-state index in [2.05, 4.69) is 20.2 Å². The quantitative estimate of drug-likeness (QED) is 0.922. The smallest absolute Gasteiger partial charge is 0.271 e. The van der Waals surface area contributed by atoms with E-state index in [0.717, 1.165) is 18.9 Å². The molecule has 0 aliphatic carbocycles. The van der Waals surface area contributed by atoms with Crippen LogP contribution in [0.15, 0.2) is 36.7 Å². The highest BCUT2D eigenvalue weighted by Crippen LogP contribution is 2.18. The number of aromatic nitrogens is 2. The molecule has 0 aromatic carbocycles. The van der Waals surface area contributed by atoms with Crippen molar-refractivity contribution in [3.8, 4) is 0 Å². The van der Waals surface area contributed by atoms with E-state index in [1.165, 1.54) is 23.9 Å². The molecule has 25 heavy (non-hydrogen) atoms. The summed E-state index contributed by atoms with van der Waals surface area (Å²) < 4.78 is 0. The second-order valence-electron chi connectivity index (χ2n) is 6.19. The molecule has 0 bridgehead atoms. The minimum Gasteiger partial charge on any atom is -0.357 e. The van der Waals surface area contributed by atoms with Gasteiger partial charge in [0.1, 0.15) is 11.5 Å². The summed E-state index contributed by atoms with van der Waals surface area (Å²) in [6, 6.07) is 6.89. The van der Waals surface area contributed by atoms with Gasteiger partial charge in [0, 0.05) is 33.4 Å². The molecule has 3 rings (SSSR count). The Morgan fingerprint density at radius 3 is 2.36 bits per heavy atom. The predicted octanol–water partition coefficient (Wildman–Crippen LogP) is 2.03. The largest absolute Gasteiger partial charge is 0.357 e. The fourth-order valence-corrected chi connectivity index (χ4v) is 2.68. The Labute approximate surface area is 146 Å². The maximum Gasteiger partial charge on any atom is 0.271 e. The third kappa shape index (κ3) is 3.93. The lowest BCUT2D eigenvalue weighted by Gasteiger charge is -2.16. The van der Waals surface area contributed by atoms with Crippen LogP contribution < -0.4 is 10.2 Å². The van der Waals surface area contributed by atoms with Crippen molar-refractivity contribution in [1.29, 1.82) is 0 Å². The van der Waals surface area contributed by atoms with Gasteiger partial charge >= 0.3 is 0 Å². The van der Waals surface area contributed by atoms with Crippen LogP contribution in [0.5, 0.6) is 0 Å². The van der Waals surface area contributed by atoms with Crippen molar-refractivity contribution in [2.75, 3.05) is 37.4 Å². The lowest BCUT2D eigenvalue weighted by atomic mass is 10.2. The van der Waals surface area contributed by atoms with E-state index in [9.17, 15) is 9.59 Å². The summed E-state index contributed by atoms with van der Waals surface area (Å²) in [5, 5.41) is 2.76. The summed E-state index contributed by atoms with van der Waals surface area (Å²) in [6.45, 7) is 2.03. The fourth-order valence-electron chi connectivity index (χ4n) is 2.68. The van der Waals surface area contributed by atoms with Gasteiger partial charge in [0.25, 0.3) is 11.8 Å². The summed E-state index contributed by atoms with van der Waals surface area (Å²) in [7, 11) is 3.33. The second-order valence-corrected chi connectivity index (χ2v) is 6.19. The Morgan fingerprint density at radius 2 is 1.80 bits per heavy atom. The van der Waals surface area contributed by atoms with E-state index >= 15 is 0 Å². The van der Waals surface area contributed by atoms with Crippen LogP contribution in [0.1, 0.15) is 33.7 Å². The van der Waals surface area contributed by atoms with E-state index in [-0.39, 0.29) is 11.8 Å². The van der Waals surface area contributed by atoms with Crippen LogP contribution in [0.25, 0.3) is 0 Å². The van der Waals surface area contributed by atoms with Crippen LogP contribution in [-0.2, 0) is 0 Å². The van der Waals surface area contributed by atoms with Gasteiger partial charge in [-0.05, 0) is 37.1 Å². The predicted molar refractivity (Wildman–Crippen MR) is 95.9 cm³/mol.